The average molecular weight is 575 g/mol. The van der Waals surface area contributed by atoms with E-state index in [-0.39, 0.29) is 34.9 Å². The van der Waals surface area contributed by atoms with Gasteiger partial charge in [-0.05, 0) is 36.2 Å². The van der Waals surface area contributed by atoms with Crippen molar-refractivity contribution < 1.29 is 19.2 Å². The van der Waals surface area contributed by atoms with Crippen LogP contribution in [0.2, 0.25) is 5.02 Å². The monoisotopic (exact) mass is 574 g/mol. The number of hydrogen-bond acceptors (Lipinski definition) is 8. The maximum absolute atomic E-state index is 13.4. The summed E-state index contributed by atoms with van der Waals surface area (Å²) in [5, 5.41) is 28.0. The number of esters is 1. The van der Waals surface area contributed by atoms with Crippen LogP contribution in [-0.4, -0.2) is 22.6 Å². The molecule has 0 aliphatic carbocycles. The molecule has 0 bridgehead atoms. The Labute approximate surface area is 239 Å². The Bertz CT molecular complexity index is 1550. The zero-order chi connectivity index (χ0) is 28.6. The predicted molar refractivity (Wildman–Crippen MR) is 153 cm³/mol. The van der Waals surface area contributed by atoms with E-state index in [1.54, 1.807) is 37.3 Å². The van der Waals surface area contributed by atoms with Gasteiger partial charge in [-0.25, -0.2) is 4.79 Å². The van der Waals surface area contributed by atoms with E-state index in [4.69, 9.17) is 16.3 Å². The topological polar surface area (TPSA) is 134 Å². The largest absolute Gasteiger partial charge is 0.457 e. The minimum absolute atomic E-state index is 0.0583. The van der Waals surface area contributed by atoms with Crippen molar-refractivity contribution in [2.75, 3.05) is 11.1 Å². The minimum atomic E-state index is -0.771. The lowest BCUT2D eigenvalue weighted by Crippen LogP contribution is -2.29. The number of nitro benzene ring substituents is 1. The van der Waals surface area contributed by atoms with Gasteiger partial charge in [0.25, 0.3) is 5.69 Å². The van der Waals surface area contributed by atoms with Gasteiger partial charge in [0.15, 0.2) is 0 Å². The Morgan fingerprint density at radius 2 is 1.77 bits per heavy atom. The molecule has 1 aliphatic rings. The first kappa shape index (κ1) is 28.4. The Kier molecular flexibility index (Phi) is 9.22. The fraction of sp³-hybridized carbons (Fsp3) is 0.138. The molecule has 0 radical (unpaired) electrons. The van der Waals surface area contributed by atoms with Gasteiger partial charge in [-0.2, -0.15) is 5.26 Å². The van der Waals surface area contributed by atoms with Crippen LogP contribution < -0.4 is 10.6 Å². The number of carbonyl (C=O) groups excluding carboxylic acids is 2. The highest BCUT2D eigenvalue weighted by Crippen LogP contribution is 2.41. The first-order chi connectivity index (χ1) is 19.3. The van der Waals surface area contributed by atoms with Crippen molar-refractivity contribution in [2.24, 2.45) is 0 Å². The summed E-state index contributed by atoms with van der Waals surface area (Å²) in [5.74, 6) is -2.00. The van der Waals surface area contributed by atoms with E-state index in [2.05, 4.69) is 16.7 Å². The summed E-state index contributed by atoms with van der Waals surface area (Å²) >= 11 is 7.15. The summed E-state index contributed by atoms with van der Waals surface area (Å²) in [5.41, 5.74) is 2.27. The summed E-state index contributed by atoms with van der Waals surface area (Å²) in [6, 6.07) is 24.1. The molecule has 0 saturated carbocycles. The molecule has 4 rings (SSSR count). The van der Waals surface area contributed by atoms with Crippen molar-refractivity contribution in [3.8, 4) is 6.07 Å². The predicted octanol–water partition coefficient (Wildman–Crippen LogP) is 6.06. The lowest BCUT2D eigenvalue weighted by atomic mass is 9.82. The van der Waals surface area contributed by atoms with Crippen molar-refractivity contribution >= 4 is 46.6 Å². The second-order valence-corrected chi connectivity index (χ2v) is 10.1. The number of para-hydroxylation sites is 2. The molecule has 1 unspecified atom stereocenters. The molecule has 1 heterocycles. The van der Waals surface area contributed by atoms with Gasteiger partial charge >= 0.3 is 5.97 Å². The fourth-order valence-corrected chi connectivity index (χ4v) is 5.17. The standard InChI is InChI=1S/C29H23ClN4O5S/c1-18-26(29(36)39-16-19-7-3-2-4-8-19)27(20-11-13-21(30)14-12-20)22(15-31)28(32-18)40-17-25(35)33-23-9-5-6-10-24(23)34(37)38/h2-14,27,32H,16-17H2,1H3,(H,33,35). The molecule has 202 valence electrons. The van der Waals surface area contributed by atoms with Gasteiger partial charge in [0.05, 0.1) is 38.8 Å². The number of nitrogens with zero attached hydrogens (tertiary/aromatic N) is 2. The molecule has 1 amide bonds. The number of hydrogen-bond donors (Lipinski definition) is 2. The normalized spacial score (nSPS) is 14.7. The number of nitrogens with one attached hydrogen (secondary N) is 2. The Hall–Kier alpha value is -4.59. The number of allylic oxidation sites excluding steroid dienone is 2. The highest BCUT2D eigenvalue weighted by molar-refractivity contribution is 8.03. The summed E-state index contributed by atoms with van der Waals surface area (Å²) in [7, 11) is 0. The number of rotatable bonds is 9. The molecular weight excluding hydrogens is 552 g/mol. The quantitative estimate of drug-likeness (QED) is 0.179. The van der Waals surface area contributed by atoms with E-state index in [1.165, 1.54) is 18.2 Å². The molecule has 0 spiro atoms. The van der Waals surface area contributed by atoms with E-state index in [0.29, 0.717) is 21.3 Å². The number of benzene rings is 3. The molecule has 3 aromatic rings. The molecule has 2 N–H and O–H groups in total. The van der Waals surface area contributed by atoms with Crippen molar-refractivity contribution in [1.29, 1.82) is 5.26 Å². The summed E-state index contributed by atoms with van der Waals surface area (Å²) in [6.07, 6.45) is 0. The molecule has 9 nitrogen and oxygen atoms in total. The van der Waals surface area contributed by atoms with E-state index in [9.17, 15) is 25.0 Å². The van der Waals surface area contributed by atoms with Gasteiger partial charge in [0, 0.05) is 16.8 Å². The lowest BCUT2D eigenvalue weighted by molar-refractivity contribution is -0.383. The Morgan fingerprint density at radius 3 is 2.45 bits per heavy atom. The second-order valence-electron chi connectivity index (χ2n) is 8.68. The number of halogens is 1. The van der Waals surface area contributed by atoms with Crippen molar-refractivity contribution in [3.63, 3.8) is 0 Å². The van der Waals surface area contributed by atoms with Crippen LogP contribution >= 0.6 is 23.4 Å². The van der Waals surface area contributed by atoms with Crippen molar-refractivity contribution in [2.45, 2.75) is 19.4 Å². The van der Waals surface area contributed by atoms with Crippen molar-refractivity contribution in [1.82, 2.24) is 5.32 Å². The molecule has 40 heavy (non-hydrogen) atoms. The lowest BCUT2D eigenvalue weighted by Gasteiger charge is -2.29. The van der Waals surface area contributed by atoms with E-state index in [0.717, 1.165) is 17.3 Å². The third kappa shape index (κ3) is 6.69. The zero-order valence-corrected chi connectivity index (χ0v) is 22.8. The van der Waals surface area contributed by atoms with E-state index < -0.39 is 22.7 Å². The van der Waals surface area contributed by atoms with E-state index >= 15 is 0 Å². The van der Waals surface area contributed by atoms with Gasteiger partial charge < -0.3 is 15.4 Å². The highest BCUT2D eigenvalue weighted by Gasteiger charge is 2.35. The fourth-order valence-electron chi connectivity index (χ4n) is 4.15. The number of ether oxygens (including phenoxy) is 1. The van der Waals surface area contributed by atoms with Crippen LogP contribution in [0.15, 0.2) is 101 Å². The van der Waals surface area contributed by atoms with Crippen LogP contribution in [0.1, 0.15) is 24.0 Å². The summed E-state index contributed by atoms with van der Waals surface area (Å²) in [6.45, 7) is 1.76. The first-order valence-corrected chi connectivity index (χ1v) is 13.4. The van der Waals surface area contributed by atoms with Gasteiger partial charge in [-0.1, -0.05) is 78.0 Å². The zero-order valence-electron chi connectivity index (χ0n) is 21.2. The third-order valence-corrected chi connectivity index (χ3v) is 7.28. The van der Waals surface area contributed by atoms with Gasteiger partial charge in [-0.15, -0.1) is 0 Å². The molecule has 3 aromatic carbocycles. The van der Waals surface area contributed by atoms with Crippen LogP contribution in [0.3, 0.4) is 0 Å². The second kappa shape index (κ2) is 13.0. The number of carbonyl (C=O) groups is 2. The molecule has 0 aromatic heterocycles. The number of dihydropyridines is 1. The van der Waals surface area contributed by atoms with Gasteiger partial charge in [0.1, 0.15) is 12.3 Å². The molecule has 1 aliphatic heterocycles. The SMILES string of the molecule is CC1=C(C(=O)OCc2ccccc2)C(c2ccc(Cl)cc2)C(C#N)=C(SCC(=O)Nc2ccccc2[N+](=O)[O-])N1. The van der Waals surface area contributed by atoms with Gasteiger partial charge in [0.2, 0.25) is 5.91 Å². The summed E-state index contributed by atoms with van der Waals surface area (Å²) < 4.78 is 5.62. The third-order valence-electron chi connectivity index (χ3n) is 6.01. The van der Waals surface area contributed by atoms with Crippen LogP contribution in [0.4, 0.5) is 11.4 Å². The van der Waals surface area contributed by atoms with Gasteiger partial charge in [-0.3, -0.25) is 14.9 Å². The molecule has 1 atom stereocenters. The molecule has 11 heteroatoms. The highest BCUT2D eigenvalue weighted by atomic mass is 35.5. The number of anilines is 1. The first-order valence-electron chi connectivity index (χ1n) is 12.0. The molecule has 0 fully saturated rings. The van der Waals surface area contributed by atoms with Crippen LogP contribution in [0.25, 0.3) is 0 Å². The maximum atomic E-state index is 13.4. The van der Waals surface area contributed by atoms with E-state index in [1.807, 2.05) is 30.3 Å². The van der Waals surface area contributed by atoms with Crippen LogP contribution in [0, 0.1) is 21.4 Å². The molecule has 0 saturated heterocycles. The number of thioether (sulfide) groups is 1. The minimum Gasteiger partial charge on any atom is -0.457 e. The van der Waals surface area contributed by atoms with Crippen molar-refractivity contribution in [3.05, 3.63) is 127 Å². The van der Waals surface area contributed by atoms with Crippen LogP contribution in [0.5, 0.6) is 0 Å². The maximum Gasteiger partial charge on any atom is 0.337 e. The summed E-state index contributed by atoms with van der Waals surface area (Å²) in [4.78, 5) is 36.7. The Morgan fingerprint density at radius 1 is 1.10 bits per heavy atom. The Balaban J connectivity index is 1.59. The number of nitro groups is 1. The molecular formula is C29H23ClN4O5S. The van der Waals surface area contributed by atoms with Crippen LogP contribution in [-0.2, 0) is 20.9 Å². The number of nitriles is 1. The average Bonchev–Trinajstić information content (AvgIpc) is 2.95. The number of amides is 1. The smallest absolute Gasteiger partial charge is 0.337 e.